The number of aliphatic hydroxyl groups is 1. The molecule has 0 aliphatic rings. The standard InChI is InChI=1S/C23H37F2N3O4/c1-7-18(21(30)27-12-14(2)3)26-13-20(29)19(28-22(31)32-23(4,5)6)10-15-8-16(24)11-17(25)9-15/h8-9,11,14,18-20,26,29H,7,10,12-13H2,1-6H3,(H,27,30)(H,28,31)/t18-,19+,20-/m1/s1. The molecule has 0 radical (unpaired) electrons. The zero-order valence-corrected chi connectivity index (χ0v) is 19.8. The Bertz CT molecular complexity index is 733. The second-order valence-electron chi connectivity index (χ2n) is 9.31. The SMILES string of the molecule is CC[C@@H](NC[C@@H](O)[C@H](Cc1cc(F)cc(F)c1)NC(=O)OC(C)(C)C)C(=O)NCC(C)C. The number of aliphatic hydroxyl groups excluding tert-OH is 1. The van der Waals surface area contributed by atoms with Gasteiger partial charge in [-0.05, 0) is 57.2 Å². The van der Waals surface area contributed by atoms with Gasteiger partial charge in [-0.15, -0.1) is 0 Å². The third-order valence-corrected chi connectivity index (χ3v) is 4.53. The monoisotopic (exact) mass is 457 g/mol. The lowest BCUT2D eigenvalue weighted by Crippen LogP contribution is -2.53. The number of halogens is 2. The van der Waals surface area contributed by atoms with Crippen molar-refractivity contribution in [2.24, 2.45) is 5.92 Å². The predicted molar refractivity (Wildman–Crippen MR) is 119 cm³/mol. The van der Waals surface area contributed by atoms with Crippen molar-refractivity contribution in [1.82, 2.24) is 16.0 Å². The Balaban J connectivity index is 2.89. The molecule has 32 heavy (non-hydrogen) atoms. The molecular weight excluding hydrogens is 420 g/mol. The van der Waals surface area contributed by atoms with Gasteiger partial charge < -0.3 is 25.8 Å². The molecule has 9 heteroatoms. The van der Waals surface area contributed by atoms with Gasteiger partial charge in [0.2, 0.25) is 5.91 Å². The van der Waals surface area contributed by atoms with Crippen LogP contribution in [0.15, 0.2) is 18.2 Å². The van der Waals surface area contributed by atoms with Gasteiger partial charge in [0.1, 0.15) is 17.2 Å². The number of hydrogen-bond acceptors (Lipinski definition) is 5. The average molecular weight is 458 g/mol. The van der Waals surface area contributed by atoms with E-state index in [0.717, 1.165) is 18.2 Å². The highest BCUT2D eigenvalue weighted by atomic mass is 19.1. The number of nitrogens with one attached hydrogen (secondary N) is 3. The molecule has 0 fully saturated rings. The van der Waals surface area contributed by atoms with E-state index in [2.05, 4.69) is 16.0 Å². The van der Waals surface area contributed by atoms with Gasteiger partial charge in [0.25, 0.3) is 0 Å². The van der Waals surface area contributed by atoms with Crippen LogP contribution in [0.2, 0.25) is 0 Å². The summed E-state index contributed by atoms with van der Waals surface area (Å²) in [6.45, 7) is 11.4. The highest BCUT2D eigenvalue weighted by Crippen LogP contribution is 2.13. The van der Waals surface area contributed by atoms with Crippen molar-refractivity contribution in [1.29, 1.82) is 0 Å². The fourth-order valence-electron chi connectivity index (χ4n) is 2.98. The van der Waals surface area contributed by atoms with Crippen molar-refractivity contribution in [2.45, 2.75) is 78.2 Å². The zero-order chi connectivity index (χ0) is 24.5. The summed E-state index contributed by atoms with van der Waals surface area (Å²) in [5.41, 5.74) is -0.491. The molecule has 0 saturated heterocycles. The fourth-order valence-corrected chi connectivity index (χ4v) is 2.98. The third-order valence-electron chi connectivity index (χ3n) is 4.53. The summed E-state index contributed by atoms with van der Waals surface area (Å²) < 4.78 is 32.5. The summed E-state index contributed by atoms with van der Waals surface area (Å²) >= 11 is 0. The van der Waals surface area contributed by atoms with E-state index in [1.807, 2.05) is 20.8 Å². The molecule has 0 spiro atoms. The molecule has 1 rings (SSSR count). The lowest BCUT2D eigenvalue weighted by atomic mass is 10.0. The Morgan fingerprint density at radius 2 is 1.69 bits per heavy atom. The van der Waals surface area contributed by atoms with Gasteiger partial charge in [0.15, 0.2) is 0 Å². The fraction of sp³-hybridized carbons (Fsp3) is 0.652. The van der Waals surface area contributed by atoms with Gasteiger partial charge in [-0.25, -0.2) is 13.6 Å². The van der Waals surface area contributed by atoms with Gasteiger partial charge in [-0.3, -0.25) is 4.79 Å². The zero-order valence-electron chi connectivity index (χ0n) is 19.8. The number of hydrogen-bond donors (Lipinski definition) is 4. The minimum absolute atomic E-state index is 0.0220. The van der Waals surface area contributed by atoms with Crippen LogP contribution < -0.4 is 16.0 Å². The Hall–Kier alpha value is -2.26. The van der Waals surface area contributed by atoms with Crippen LogP contribution in [0.5, 0.6) is 0 Å². The largest absolute Gasteiger partial charge is 0.444 e. The first kappa shape index (κ1) is 27.8. The molecule has 0 saturated carbocycles. The van der Waals surface area contributed by atoms with E-state index in [1.165, 1.54) is 0 Å². The smallest absolute Gasteiger partial charge is 0.407 e. The molecule has 3 atom stereocenters. The van der Waals surface area contributed by atoms with Crippen LogP contribution in [-0.2, 0) is 16.0 Å². The second kappa shape index (κ2) is 12.7. The van der Waals surface area contributed by atoms with E-state index in [4.69, 9.17) is 4.74 Å². The van der Waals surface area contributed by atoms with Crippen molar-refractivity contribution in [3.8, 4) is 0 Å². The number of rotatable bonds is 11. The molecule has 4 N–H and O–H groups in total. The molecule has 182 valence electrons. The molecule has 0 aromatic heterocycles. The third kappa shape index (κ3) is 10.9. The minimum Gasteiger partial charge on any atom is -0.444 e. The van der Waals surface area contributed by atoms with Crippen molar-refractivity contribution in [2.75, 3.05) is 13.1 Å². The Morgan fingerprint density at radius 1 is 1.09 bits per heavy atom. The minimum atomic E-state index is -1.15. The lowest BCUT2D eigenvalue weighted by molar-refractivity contribution is -0.123. The Kier molecular flexibility index (Phi) is 11.0. The van der Waals surface area contributed by atoms with E-state index in [1.54, 1.807) is 20.8 Å². The van der Waals surface area contributed by atoms with Gasteiger partial charge in [-0.2, -0.15) is 0 Å². The highest BCUT2D eigenvalue weighted by Gasteiger charge is 2.27. The Labute approximate surface area is 189 Å². The maximum Gasteiger partial charge on any atom is 0.407 e. The van der Waals surface area contributed by atoms with Crippen LogP contribution in [0, 0.1) is 17.6 Å². The van der Waals surface area contributed by atoms with Crippen LogP contribution in [0.25, 0.3) is 0 Å². The molecule has 0 bridgehead atoms. The summed E-state index contributed by atoms with van der Waals surface area (Å²) in [6, 6.07) is 1.59. The quantitative estimate of drug-likeness (QED) is 0.410. The average Bonchev–Trinajstić information content (AvgIpc) is 2.63. The van der Waals surface area contributed by atoms with E-state index in [0.29, 0.717) is 18.9 Å². The van der Waals surface area contributed by atoms with E-state index in [9.17, 15) is 23.5 Å². The van der Waals surface area contributed by atoms with Gasteiger partial charge in [0.05, 0.1) is 18.2 Å². The number of ether oxygens (including phenoxy) is 1. The number of amides is 2. The maximum absolute atomic E-state index is 13.6. The van der Waals surface area contributed by atoms with E-state index >= 15 is 0 Å². The number of alkyl carbamates (subject to hydrolysis) is 1. The van der Waals surface area contributed by atoms with Crippen LogP contribution in [0.4, 0.5) is 13.6 Å². The topological polar surface area (TPSA) is 99.7 Å². The molecule has 0 aliphatic carbocycles. The molecule has 0 unspecified atom stereocenters. The van der Waals surface area contributed by atoms with Crippen LogP contribution in [0.1, 0.15) is 53.5 Å². The van der Waals surface area contributed by atoms with Crippen LogP contribution in [-0.4, -0.2) is 54.0 Å². The number of carbonyl (C=O) groups excluding carboxylic acids is 2. The van der Waals surface area contributed by atoms with E-state index < -0.39 is 41.5 Å². The van der Waals surface area contributed by atoms with Crippen LogP contribution >= 0.6 is 0 Å². The summed E-state index contributed by atoms with van der Waals surface area (Å²) in [5, 5.41) is 19.2. The van der Waals surface area contributed by atoms with E-state index in [-0.39, 0.29) is 24.4 Å². The van der Waals surface area contributed by atoms with Crippen LogP contribution in [0.3, 0.4) is 0 Å². The van der Waals surface area contributed by atoms with Crippen molar-refractivity contribution < 1.29 is 28.2 Å². The molecule has 7 nitrogen and oxygen atoms in total. The normalized spacial score (nSPS) is 14.6. The molecule has 1 aromatic carbocycles. The Morgan fingerprint density at radius 3 is 2.19 bits per heavy atom. The molecule has 0 heterocycles. The summed E-state index contributed by atoms with van der Waals surface area (Å²) in [5.74, 6) is -1.39. The second-order valence-corrected chi connectivity index (χ2v) is 9.31. The molecule has 2 amide bonds. The first-order chi connectivity index (χ1) is 14.8. The molecular formula is C23H37F2N3O4. The lowest BCUT2D eigenvalue weighted by Gasteiger charge is -2.28. The number of carbonyl (C=O) groups is 2. The van der Waals surface area contributed by atoms with Crippen molar-refractivity contribution >= 4 is 12.0 Å². The first-order valence-corrected chi connectivity index (χ1v) is 10.9. The molecule has 0 aliphatic heterocycles. The van der Waals surface area contributed by atoms with Crippen molar-refractivity contribution in [3.63, 3.8) is 0 Å². The van der Waals surface area contributed by atoms with Gasteiger partial charge in [0, 0.05) is 19.2 Å². The van der Waals surface area contributed by atoms with Gasteiger partial charge >= 0.3 is 6.09 Å². The number of benzene rings is 1. The highest BCUT2D eigenvalue weighted by molar-refractivity contribution is 5.81. The summed E-state index contributed by atoms with van der Waals surface area (Å²) in [6.07, 6.45) is -1.45. The summed E-state index contributed by atoms with van der Waals surface area (Å²) in [4.78, 5) is 24.6. The maximum atomic E-state index is 13.6. The first-order valence-electron chi connectivity index (χ1n) is 10.9. The molecule has 1 aromatic rings. The van der Waals surface area contributed by atoms with Crippen molar-refractivity contribution in [3.05, 3.63) is 35.4 Å². The predicted octanol–water partition coefficient (Wildman–Crippen LogP) is 2.90. The van der Waals surface area contributed by atoms with Gasteiger partial charge in [-0.1, -0.05) is 20.8 Å². The summed E-state index contributed by atoms with van der Waals surface area (Å²) in [7, 11) is 0.